The number of hydrogen-bond donors (Lipinski definition) is 1. The van der Waals surface area contributed by atoms with Gasteiger partial charge in [0.05, 0.1) is 0 Å². The predicted octanol–water partition coefficient (Wildman–Crippen LogP) is 3.44. The van der Waals surface area contributed by atoms with Gasteiger partial charge in [0, 0.05) is 55.4 Å². The molecular weight excluding hydrogens is 324 g/mol. The number of halogens is 1. The van der Waals surface area contributed by atoms with Crippen LogP contribution in [0.5, 0.6) is 5.75 Å². The molecule has 0 amide bonds. The summed E-state index contributed by atoms with van der Waals surface area (Å²) in [7, 11) is 0. The largest absolute Gasteiger partial charge is 0.508 e. The number of phenols is 1. The molecule has 1 heterocycles. The maximum absolute atomic E-state index is 12.2. The molecule has 0 saturated carbocycles. The van der Waals surface area contributed by atoms with Crippen molar-refractivity contribution >= 4 is 23.1 Å². The number of carbonyl (C=O) groups excluding carboxylic acids is 1. The second kappa shape index (κ2) is 7.69. The summed E-state index contributed by atoms with van der Waals surface area (Å²) >= 11 is 5.93. The van der Waals surface area contributed by atoms with Crippen LogP contribution in [0.2, 0.25) is 5.02 Å². The molecule has 2 aromatic carbocycles. The van der Waals surface area contributed by atoms with E-state index < -0.39 is 0 Å². The van der Waals surface area contributed by atoms with E-state index in [1.165, 1.54) is 5.69 Å². The van der Waals surface area contributed by atoms with Gasteiger partial charge in [-0.05, 0) is 48.5 Å². The number of nitrogens with zero attached hydrogens (tertiary/aromatic N) is 2. The second-order valence-corrected chi connectivity index (χ2v) is 6.46. The summed E-state index contributed by atoms with van der Waals surface area (Å²) in [6.45, 7) is 4.58. The Balaban J connectivity index is 1.46. The molecule has 1 fully saturated rings. The molecule has 1 aliphatic heterocycles. The van der Waals surface area contributed by atoms with Gasteiger partial charge in [-0.2, -0.15) is 0 Å². The molecule has 0 aliphatic carbocycles. The van der Waals surface area contributed by atoms with Crippen LogP contribution in [0.1, 0.15) is 16.8 Å². The van der Waals surface area contributed by atoms with Gasteiger partial charge in [0.2, 0.25) is 0 Å². The van der Waals surface area contributed by atoms with Crippen molar-refractivity contribution in [3.63, 3.8) is 0 Å². The smallest absolute Gasteiger partial charge is 0.164 e. The van der Waals surface area contributed by atoms with Crippen molar-refractivity contribution in [1.82, 2.24) is 4.90 Å². The molecule has 5 heteroatoms. The first-order chi connectivity index (χ1) is 11.6. The highest BCUT2D eigenvalue weighted by atomic mass is 35.5. The Morgan fingerprint density at radius 2 is 1.58 bits per heavy atom. The quantitative estimate of drug-likeness (QED) is 0.844. The van der Waals surface area contributed by atoms with Crippen molar-refractivity contribution in [2.75, 3.05) is 37.6 Å². The minimum Gasteiger partial charge on any atom is -0.508 e. The van der Waals surface area contributed by atoms with Gasteiger partial charge in [-0.15, -0.1) is 0 Å². The zero-order valence-electron chi connectivity index (χ0n) is 13.5. The Kier molecular flexibility index (Phi) is 5.38. The highest BCUT2D eigenvalue weighted by Crippen LogP contribution is 2.19. The van der Waals surface area contributed by atoms with Crippen molar-refractivity contribution in [2.24, 2.45) is 0 Å². The fraction of sp³-hybridized carbons (Fsp3) is 0.316. The summed E-state index contributed by atoms with van der Waals surface area (Å²) in [5.41, 5.74) is 1.85. The third-order valence-corrected chi connectivity index (χ3v) is 4.66. The lowest BCUT2D eigenvalue weighted by Gasteiger charge is -2.36. The lowest BCUT2D eigenvalue weighted by atomic mass is 10.1. The molecule has 1 aliphatic rings. The summed E-state index contributed by atoms with van der Waals surface area (Å²) in [5.74, 6) is 0.306. The zero-order chi connectivity index (χ0) is 16.9. The molecule has 0 bridgehead atoms. The Hall–Kier alpha value is -2.04. The summed E-state index contributed by atoms with van der Waals surface area (Å²) < 4.78 is 0. The van der Waals surface area contributed by atoms with Gasteiger partial charge in [0.15, 0.2) is 5.78 Å². The van der Waals surface area contributed by atoms with Crippen molar-refractivity contribution in [1.29, 1.82) is 0 Å². The number of Topliss-reactive ketones (excluding diaryl/α,β-unsaturated/α-hetero) is 1. The van der Waals surface area contributed by atoms with E-state index in [-0.39, 0.29) is 11.5 Å². The third kappa shape index (κ3) is 4.28. The minimum absolute atomic E-state index is 0.120. The average Bonchev–Trinajstić information content (AvgIpc) is 2.61. The van der Waals surface area contributed by atoms with Gasteiger partial charge in [0.25, 0.3) is 0 Å². The number of benzene rings is 2. The number of phenolic OH excluding ortho intramolecular Hbond substituents is 1. The van der Waals surface area contributed by atoms with E-state index in [9.17, 15) is 9.90 Å². The number of aromatic hydroxyl groups is 1. The molecule has 0 unspecified atom stereocenters. The van der Waals surface area contributed by atoms with Gasteiger partial charge < -0.3 is 10.0 Å². The van der Waals surface area contributed by atoms with Crippen LogP contribution in [-0.4, -0.2) is 48.5 Å². The number of ketones is 1. The summed E-state index contributed by atoms with van der Waals surface area (Å²) in [6, 6.07) is 14.4. The number of carbonyl (C=O) groups is 1. The lowest BCUT2D eigenvalue weighted by molar-refractivity contribution is 0.0962. The topological polar surface area (TPSA) is 43.8 Å². The molecule has 4 nitrogen and oxygen atoms in total. The zero-order valence-corrected chi connectivity index (χ0v) is 14.2. The standard InChI is InChI=1S/C19H21ClN2O2/c20-16-3-5-17(6-4-16)22-13-11-21(12-14-22)10-9-19(24)15-1-7-18(23)8-2-15/h1-8,23H,9-14H2. The normalized spacial score (nSPS) is 15.5. The summed E-state index contributed by atoms with van der Waals surface area (Å²) in [6.07, 6.45) is 0.506. The Morgan fingerprint density at radius 1 is 0.958 bits per heavy atom. The predicted molar refractivity (Wildman–Crippen MR) is 97.2 cm³/mol. The van der Waals surface area contributed by atoms with E-state index in [1.807, 2.05) is 24.3 Å². The van der Waals surface area contributed by atoms with Crippen molar-refractivity contribution in [3.05, 3.63) is 59.1 Å². The molecular formula is C19H21ClN2O2. The van der Waals surface area contributed by atoms with Gasteiger partial charge in [-0.25, -0.2) is 0 Å². The van der Waals surface area contributed by atoms with Crippen molar-refractivity contribution < 1.29 is 9.90 Å². The second-order valence-electron chi connectivity index (χ2n) is 6.03. The Morgan fingerprint density at radius 3 is 2.21 bits per heavy atom. The van der Waals surface area contributed by atoms with Gasteiger partial charge in [0.1, 0.15) is 5.75 Å². The molecule has 2 aromatic rings. The summed E-state index contributed by atoms with van der Waals surface area (Å²) in [4.78, 5) is 16.9. The summed E-state index contributed by atoms with van der Waals surface area (Å²) in [5, 5.41) is 10.0. The number of hydrogen-bond acceptors (Lipinski definition) is 4. The highest BCUT2D eigenvalue weighted by molar-refractivity contribution is 6.30. The van der Waals surface area contributed by atoms with Gasteiger partial charge >= 0.3 is 0 Å². The van der Waals surface area contributed by atoms with E-state index in [0.29, 0.717) is 12.0 Å². The van der Waals surface area contributed by atoms with Crippen LogP contribution in [-0.2, 0) is 0 Å². The van der Waals surface area contributed by atoms with Crippen LogP contribution in [0.15, 0.2) is 48.5 Å². The molecule has 0 radical (unpaired) electrons. The van der Waals surface area contributed by atoms with Crippen LogP contribution < -0.4 is 4.90 Å². The van der Waals surface area contributed by atoms with E-state index in [0.717, 1.165) is 37.7 Å². The molecule has 0 aromatic heterocycles. The molecule has 126 valence electrons. The van der Waals surface area contributed by atoms with Crippen LogP contribution in [0.25, 0.3) is 0 Å². The van der Waals surface area contributed by atoms with Crippen LogP contribution >= 0.6 is 11.6 Å². The lowest BCUT2D eigenvalue weighted by Crippen LogP contribution is -2.46. The van der Waals surface area contributed by atoms with Gasteiger partial charge in [-0.3, -0.25) is 9.69 Å². The highest BCUT2D eigenvalue weighted by Gasteiger charge is 2.18. The minimum atomic E-state index is 0.120. The number of rotatable bonds is 5. The van der Waals surface area contributed by atoms with Crippen LogP contribution in [0.3, 0.4) is 0 Å². The Bertz CT molecular complexity index is 678. The van der Waals surface area contributed by atoms with E-state index >= 15 is 0 Å². The molecule has 24 heavy (non-hydrogen) atoms. The van der Waals surface area contributed by atoms with Crippen molar-refractivity contribution in [2.45, 2.75) is 6.42 Å². The van der Waals surface area contributed by atoms with E-state index in [4.69, 9.17) is 11.6 Å². The van der Waals surface area contributed by atoms with Crippen molar-refractivity contribution in [3.8, 4) is 5.75 Å². The number of piperazine rings is 1. The maximum Gasteiger partial charge on any atom is 0.164 e. The van der Waals surface area contributed by atoms with Gasteiger partial charge in [-0.1, -0.05) is 11.6 Å². The monoisotopic (exact) mass is 344 g/mol. The average molecular weight is 345 g/mol. The van der Waals surface area contributed by atoms with Crippen LogP contribution in [0, 0.1) is 0 Å². The number of anilines is 1. The maximum atomic E-state index is 12.2. The van der Waals surface area contributed by atoms with E-state index in [2.05, 4.69) is 9.80 Å². The molecule has 1 N–H and O–H groups in total. The SMILES string of the molecule is O=C(CCN1CCN(c2ccc(Cl)cc2)CC1)c1ccc(O)cc1. The third-order valence-electron chi connectivity index (χ3n) is 4.41. The fourth-order valence-corrected chi connectivity index (χ4v) is 3.06. The van der Waals surface area contributed by atoms with Crippen LogP contribution in [0.4, 0.5) is 5.69 Å². The first-order valence-electron chi connectivity index (χ1n) is 8.17. The molecule has 3 rings (SSSR count). The Labute approximate surface area is 147 Å². The molecule has 0 atom stereocenters. The first kappa shape index (κ1) is 16.8. The first-order valence-corrected chi connectivity index (χ1v) is 8.55. The molecule has 1 saturated heterocycles. The van der Waals surface area contributed by atoms with E-state index in [1.54, 1.807) is 24.3 Å². The molecule has 0 spiro atoms. The fourth-order valence-electron chi connectivity index (χ4n) is 2.93.